The Kier molecular flexibility index (Phi) is 9.17. The van der Waals surface area contributed by atoms with Gasteiger partial charge in [0.2, 0.25) is 0 Å². The molecule has 0 aromatic rings. The second kappa shape index (κ2) is 8.01. The quantitative estimate of drug-likeness (QED) is 0.640. The minimum Gasteiger partial charge on any atom is -0.481 e. The van der Waals surface area contributed by atoms with Crippen molar-refractivity contribution in [2.24, 2.45) is 0 Å². The van der Waals surface area contributed by atoms with Gasteiger partial charge in [0, 0.05) is 6.42 Å². The van der Waals surface area contributed by atoms with Gasteiger partial charge in [0.05, 0.1) is 27.7 Å². The summed E-state index contributed by atoms with van der Waals surface area (Å²) in [6.45, 7) is 2.96. The summed E-state index contributed by atoms with van der Waals surface area (Å²) in [5.41, 5.74) is 0. The maximum Gasteiger partial charge on any atom is 0.303 e. The highest BCUT2D eigenvalue weighted by atomic mass is 16.4. The van der Waals surface area contributed by atoms with Crippen LogP contribution in [0.15, 0.2) is 0 Å². The monoisotopic (exact) mass is 192 g/mol. The topological polar surface area (TPSA) is 57.5 Å². The second-order valence-corrected chi connectivity index (χ2v) is 3.88. The second-order valence-electron chi connectivity index (χ2n) is 3.88. The molecule has 0 aliphatic rings. The third-order valence-corrected chi connectivity index (χ3v) is 1.23. The summed E-state index contributed by atoms with van der Waals surface area (Å²) in [6.07, 6.45) is 1.02. The Hall–Kier alpha value is -0.610. The van der Waals surface area contributed by atoms with Gasteiger partial charge in [0.1, 0.15) is 6.54 Å². The number of aliphatic hydroxyl groups is 1. The number of aliphatic carboxylic acids is 1. The summed E-state index contributed by atoms with van der Waals surface area (Å²) in [5.74, 6) is -0.711. The third-order valence-electron chi connectivity index (χ3n) is 1.23. The van der Waals surface area contributed by atoms with Gasteiger partial charge in [-0.25, -0.2) is 0 Å². The molecule has 80 valence electrons. The number of hydrogen-bond acceptors (Lipinski definition) is 2. The van der Waals surface area contributed by atoms with Gasteiger partial charge in [0.15, 0.2) is 0 Å². The number of carboxylic acids is 1. The Morgan fingerprint density at radius 3 is 1.77 bits per heavy atom. The van der Waals surface area contributed by atoms with Gasteiger partial charge >= 0.3 is 5.97 Å². The number of carbonyl (C=O) groups is 1. The highest BCUT2D eigenvalue weighted by Gasteiger charge is 2.02. The van der Waals surface area contributed by atoms with E-state index in [1.165, 1.54) is 0 Å². The van der Waals surface area contributed by atoms with Crippen LogP contribution in [-0.2, 0) is 4.79 Å². The van der Waals surface area contributed by atoms with Crippen LogP contribution >= 0.6 is 0 Å². The fourth-order valence-electron chi connectivity index (χ4n) is 0.514. The first-order chi connectivity index (χ1) is 5.83. The normalized spacial score (nSPS) is 10.2. The Labute approximate surface area is 80.4 Å². The van der Waals surface area contributed by atoms with Crippen molar-refractivity contribution in [2.75, 3.05) is 34.3 Å². The molecule has 0 fully saturated rings. The predicted molar refractivity (Wildman–Crippen MR) is 52.5 cm³/mol. The number of rotatable bonds is 4. The van der Waals surface area contributed by atoms with Crippen molar-refractivity contribution >= 4 is 5.97 Å². The number of carboxylic acid groups (broad SMARTS) is 1. The van der Waals surface area contributed by atoms with E-state index < -0.39 is 5.97 Å². The maximum atomic E-state index is 9.60. The lowest BCUT2D eigenvalue weighted by Crippen LogP contribution is -2.36. The highest BCUT2D eigenvalue weighted by Crippen LogP contribution is 1.84. The molecule has 0 aliphatic heterocycles. The molecule has 0 spiro atoms. The van der Waals surface area contributed by atoms with Gasteiger partial charge in [-0.1, -0.05) is 6.92 Å². The summed E-state index contributed by atoms with van der Waals surface area (Å²) >= 11 is 0. The molecule has 0 radical (unpaired) electrons. The van der Waals surface area contributed by atoms with Gasteiger partial charge in [0.25, 0.3) is 0 Å². The van der Waals surface area contributed by atoms with E-state index in [-0.39, 0.29) is 6.61 Å². The lowest BCUT2D eigenvalue weighted by molar-refractivity contribution is -0.870. The van der Waals surface area contributed by atoms with Gasteiger partial charge in [-0.2, -0.15) is 0 Å². The minimum atomic E-state index is -0.711. The largest absolute Gasteiger partial charge is 0.481 e. The average molecular weight is 192 g/mol. The van der Waals surface area contributed by atoms with Crippen LogP contribution < -0.4 is 0 Å². The summed E-state index contributed by atoms with van der Waals surface area (Å²) in [4.78, 5) is 9.60. The van der Waals surface area contributed by atoms with E-state index in [4.69, 9.17) is 10.2 Å². The molecule has 13 heavy (non-hydrogen) atoms. The van der Waals surface area contributed by atoms with E-state index in [2.05, 4.69) is 21.1 Å². The molecule has 0 rings (SSSR count). The van der Waals surface area contributed by atoms with Crippen molar-refractivity contribution in [3.63, 3.8) is 0 Å². The molecule has 0 aromatic carbocycles. The molecular formula is C9H22NO3+. The molecular weight excluding hydrogens is 170 g/mol. The van der Waals surface area contributed by atoms with Crippen molar-refractivity contribution < 1.29 is 19.5 Å². The predicted octanol–water partition coefficient (Wildman–Crippen LogP) is 0.556. The van der Waals surface area contributed by atoms with Crippen LogP contribution in [0.25, 0.3) is 0 Å². The Morgan fingerprint density at radius 2 is 1.77 bits per heavy atom. The molecule has 0 unspecified atom stereocenters. The van der Waals surface area contributed by atoms with Crippen molar-refractivity contribution in [1.29, 1.82) is 0 Å². The summed E-state index contributed by atoms with van der Waals surface area (Å²) in [5, 5.41) is 16.3. The zero-order chi connectivity index (χ0) is 10.9. The molecule has 0 saturated heterocycles. The average Bonchev–Trinajstić information content (AvgIpc) is 1.84. The smallest absolute Gasteiger partial charge is 0.303 e. The summed E-state index contributed by atoms with van der Waals surface area (Å²) < 4.78 is 0.844. The van der Waals surface area contributed by atoms with Gasteiger partial charge in [-0.3, -0.25) is 4.79 Å². The van der Waals surface area contributed by atoms with Crippen LogP contribution in [0.1, 0.15) is 19.8 Å². The minimum absolute atomic E-state index is 0.281. The van der Waals surface area contributed by atoms with E-state index in [9.17, 15) is 4.79 Å². The first-order valence-electron chi connectivity index (χ1n) is 4.46. The van der Waals surface area contributed by atoms with Gasteiger partial charge in [-0.15, -0.1) is 0 Å². The van der Waals surface area contributed by atoms with Crippen molar-refractivity contribution in [2.45, 2.75) is 19.8 Å². The van der Waals surface area contributed by atoms with Crippen LogP contribution in [0.2, 0.25) is 0 Å². The number of aliphatic hydroxyl groups excluding tert-OH is 1. The Bertz CT molecular complexity index is 129. The lowest BCUT2D eigenvalue weighted by Gasteiger charge is -2.21. The molecule has 0 amide bonds. The summed E-state index contributed by atoms with van der Waals surface area (Å²) in [6, 6.07) is 0. The maximum absolute atomic E-state index is 9.60. The van der Waals surface area contributed by atoms with Crippen molar-refractivity contribution in [3.8, 4) is 0 Å². The standard InChI is InChI=1S/C5H14NO.C4H8O2/c1-6(2,3)4-5-7;1-2-3-4(5)6/h7H,4-5H2,1-3H3;2-3H2,1H3,(H,5,6)/q+1;. The lowest BCUT2D eigenvalue weighted by atomic mass is 10.4. The van der Waals surface area contributed by atoms with Crippen LogP contribution in [0, 0.1) is 0 Å². The Balaban J connectivity index is 0. The molecule has 0 saturated carbocycles. The molecule has 0 aromatic heterocycles. The molecule has 2 N–H and O–H groups in total. The zero-order valence-corrected chi connectivity index (χ0v) is 9.08. The SMILES string of the molecule is CCCC(=O)O.C[N+](C)(C)CCO. The van der Waals surface area contributed by atoms with E-state index in [1.807, 2.05) is 6.92 Å². The van der Waals surface area contributed by atoms with E-state index in [0.29, 0.717) is 6.42 Å². The highest BCUT2D eigenvalue weighted by molar-refractivity contribution is 5.66. The fourth-order valence-corrected chi connectivity index (χ4v) is 0.514. The molecule has 0 heterocycles. The molecule has 4 nitrogen and oxygen atoms in total. The fraction of sp³-hybridized carbons (Fsp3) is 0.889. The van der Waals surface area contributed by atoms with Gasteiger partial charge < -0.3 is 14.7 Å². The van der Waals surface area contributed by atoms with Crippen molar-refractivity contribution in [1.82, 2.24) is 0 Å². The first kappa shape index (κ1) is 14.9. The number of quaternary nitrogens is 1. The van der Waals surface area contributed by atoms with Crippen LogP contribution in [0.3, 0.4) is 0 Å². The molecule has 0 aliphatic carbocycles. The number of likely N-dealkylation sites (N-methyl/N-ethyl adjacent to an activating group) is 1. The summed E-state index contributed by atoms with van der Waals surface area (Å²) in [7, 11) is 6.16. The molecule has 4 heteroatoms. The first-order valence-corrected chi connectivity index (χ1v) is 4.46. The van der Waals surface area contributed by atoms with E-state index >= 15 is 0 Å². The number of hydrogen-bond donors (Lipinski definition) is 2. The zero-order valence-electron chi connectivity index (χ0n) is 9.08. The molecule has 0 atom stereocenters. The number of nitrogens with zero attached hydrogens (tertiary/aromatic N) is 1. The van der Waals surface area contributed by atoms with Gasteiger partial charge in [-0.05, 0) is 6.42 Å². The van der Waals surface area contributed by atoms with Crippen LogP contribution in [0.4, 0.5) is 0 Å². The van der Waals surface area contributed by atoms with E-state index in [0.717, 1.165) is 17.4 Å². The van der Waals surface area contributed by atoms with Crippen LogP contribution in [0.5, 0.6) is 0 Å². The van der Waals surface area contributed by atoms with Crippen LogP contribution in [-0.4, -0.2) is 55.0 Å². The Morgan fingerprint density at radius 1 is 1.31 bits per heavy atom. The third kappa shape index (κ3) is 24.6. The van der Waals surface area contributed by atoms with Crippen molar-refractivity contribution in [3.05, 3.63) is 0 Å². The van der Waals surface area contributed by atoms with E-state index in [1.54, 1.807) is 0 Å². The molecule has 0 bridgehead atoms.